The zero-order valence-corrected chi connectivity index (χ0v) is 9.08. The molecular formula is C10H20N2O2. The summed E-state index contributed by atoms with van der Waals surface area (Å²) in [6.07, 6.45) is 1.87. The van der Waals surface area contributed by atoms with Gasteiger partial charge in [0, 0.05) is 19.7 Å². The van der Waals surface area contributed by atoms with E-state index in [1.54, 1.807) is 4.90 Å². The van der Waals surface area contributed by atoms with E-state index in [1.807, 2.05) is 6.92 Å². The molecule has 0 radical (unpaired) electrons. The number of carbonyl (C=O) groups excluding carboxylic acids is 1. The van der Waals surface area contributed by atoms with Gasteiger partial charge >= 0.3 is 0 Å². The van der Waals surface area contributed by atoms with Crippen molar-refractivity contribution in [3.63, 3.8) is 0 Å². The Labute approximate surface area is 85.4 Å². The molecule has 0 saturated carbocycles. The number of nitrogens with two attached hydrogens (primary N) is 1. The second kappa shape index (κ2) is 4.75. The lowest BCUT2D eigenvalue weighted by atomic mass is 9.88. The van der Waals surface area contributed by atoms with Crippen molar-refractivity contribution in [2.24, 2.45) is 5.73 Å². The van der Waals surface area contributed by atoms with Crippen LogP contribution in [0.1, 0.15) is 26.7 Å². The maximum Gasteiger partial charge on any atom is 0.248 e. The standard InChI is InChI=1S/C10H20N2O2/c1-3-5-14-6-9(13)12-7-10(11,4-2)8-12/h3-8,11H2,1-2H3. The van der Waals surface area contributed by atoms with Gasteiger partial charge in [0.25, 0.3) is 0 Å². The average Bonchev–Trinajstić information content (AvgIpc) is 2.13. The minimum absolute atomic E-state index is 0.0629. The van der Waals surface area contributed by atoms with Crippen LogP contribution in [0.4, 0.5) is 0 Å². The van der Waals surface area contributed by atoms with E-state index in [2.05, 4.69) is 6.92 Å². The highest BCUT2D eigenvalue weighted by molar-refractivity contribution is 5.78. The summed E-state index contributed by atoms with van der Waals surface area (Å²) < 4.78 is 5.17. The Morgan fingerprint density at radius 3 is 2.64 bits per heavy atom. The molecule has 4 nitrogen and oxygen atoms in total. The first-order chi connectivity index (χ1) is 6.61. The van der Waals surface area contributed by atoms with Gasteiger partial charge in [-0.25, -0.2) is 0 Å². The summed E-state index contributed by atoms with van der Waals surface area (Å²) in [5.74, 6) is 0.0629. The van der Waals surface area contributed by atoms with Crippen molar-refractivity contribution in [3.8, 4) is 0 Å². The van der Waals surface area contributed by atoms with Crippen molar-refractivity contribution < 1.29 is 9.53 Å². The van der Waals surface area contributed by atoms with Gasteiger partial charge in [0.1, 0.15) is 6.61 Å². The first-order valence-electron chi connectivity index (χ1n) is 5.25. The van der Waals surface area contributed by atoms with Crippen molar-refractivity contribution >= 4 is 5.91 Å². The third-order valence-corrected chi connectivity index (χ3v) is 2.64. The van der Waals surface area contributed by atoms with Gasteiger partial charge in [-0.15, -0.1) is 0 Å². The Bertz CT molecular complexity index is 200. The molecule has 0 aromatic heterocycles. The van der Waals surface area contributed by atoms with Gasteiger partial charge in [-0.3, -0.25) is 4.79 Å². The van der Waals surface area contributed by atoms with Crippen LogP contribution in [0.3, 0.4) is 0 Å². The molecule has 1 fully saturated rings. The fourth-order valence-corrected chi connectivity index (χ4v) is 1.51. The Morgan fingerprint density at radius 2 is 2.14 bits per heavy atom. The van der Waals surface area contributed by atoms with Crippen LogP contribution < -0.4 is 5.73 Å². The van der Waals surface area contributed by atoms with E-state index in [0.717, 1.165) is 12.8 Å². The first kappa shape index (κ1) is 11.5. The van der Waals surface area contributed by atoms with Gasteiger partial charge in [-0.1, -0.05) is 13.8 Å². The molecule has 0 unspecified atom stereocenters. The van der Waals surface area contributed by atoms with Crippen LogP contribution in [0.25, 0.3) is 0 Å². The molecule has 14 heavy (non-hydrogen) atoms. The normalized spacial score (nSPS) is 19.2. The van der Waals surface area contributed by atoms with Crippen molar-refractivity contribution in [2.45, 2.75) is 32.2 Å². The molecule has 4 heteroatoms. The van der Waals surface area contributed by atoms with Crippen molar-refractivity contribution in [2.75, 3.05) is 26.3 Å². The summed E-state index contributed by atoms with van der Waals surface area (Å²) in [6, 6.07) is 0. The van der Waals surface area contributed by atoms with Crippen LogP contribution >= 0.6 is 0 Å². The third kappa shape index (κ3) is 2.69. The molecule has 1 saturated heterocycles. The highest BCUT2D eigenvalue weighted by Gasteiger charge is 2.40. The predicted molar refractivity (Wildman–Crippen MR) is 54.9 cm³/mol. The lowest BCUT2D eigenvalue weighted by Crippen LogP contribution is -2.68. The minimum Gasteiger partial charge on any atom is -0.372 e. The van der Waals surface area contributed by atoms with Gasteiger partial charge in [-0.2, -0.15) is 0 Å². The SMILES string of the molecule is CCCOCC(=O)N1CC(N)(CC)C1. The topological polar surface area (TPSA) is 55.6 Å². The number of amides is 1. The van der Waals surface area contributed by atoms with Gasteiger partial charge in [0.2, 0.25) is 5.91 Å². The molecule has 2 N–H and O–H groups in total. The van der Waals surface area contributed by atoms with E-state index in [-0.39, 0.29) is 18.1 Å². The first-order valence-corrected chi connectivity index (χ1v) is 5.25. The molecule has 0 aliphatic carbocycles. The summed E-state index contributed by atoms with van der Waals surface area (Å²) in [5, 5.41) is 0. The van der Waals surface area contributed by atoms with Crippen LogP contribution in [0.15, 0.2) is 0 Å². The molecule has 0 bridgehead atoms. The maximum absolute atomic E-state index is 11.4. The smallest absolute Gasteiger partial charge is 0.248 e. The molecule has 1 rings (SSSR count). The quantitative estimate of drug-likeness (QED) is 0.652. The zero-order chi connectivity index (χ0) is 10.6. The molecular weight excluding hydrogens is 180 g/mol. The van der Waals surface area contributed by atoms with E-state index in [4.69, 9.17) is 10.5 Å². The lowest BCUT2D eigenvalue weighted by Gasteiger charge is -2.47. The Morgan fingerprint density at radius 1 is 1.50 bits per heavy atom. The predicted octanol–water partition coefficient (Wildman–Crippen LogP) is 0.363. The second-order valence-corrected chi connectivity index (χ2v) is 4.02. The zero-order valence-electron chi connectivity index (χ0n) is 9.08. The van der Waals surface area contributed by atoms with E-state index in [0.29, 0.717) is 19.7 Å². The van der Waals surface area contributed by atoms with Crippen LogP contribution in [0.2, 0.25) is 0 Å². The van der Waals surface area contributed by atoms with E-state index in [1.165, 1.54) is 0 Å². The number of hydrogen-bond acceptors (Lipinski definition) is 3. The Hall–Kier alpha value is -0.610. The largest absolute Gasteiger partial charge is 0.372 e. The lowest BCUT2D eigenvalue weighted by molar-refractivity contribution is -0.143. The van der Waals surface area contributed by atoms with Gasteiger partial charge in [-0.05, 0) is 12.8 Å². The van der Waals surface area contributed by atoms with Gasteiger partial charge in [0.05, 0.1) is 5.54 Å². The van der Waals surface area contributed by atoms with Crippen LogP contribution in [0, 0.1) is 0 Å². The third-order valence-electron chi connectivity index (χ3n) is 2.64. The fraction of sp³-hybridized carbons (Fsp3) is 0.900. The van der Waals surface area contributed by atoms with Crippen LogP contribution in [-0.4, -0.2) is 42.6 Å². The highest BCUT2D eigenvalue weighted by atomic mass is 16.5. The number of ether oxygens (including phenoxy) is 1. The van der Waals surface area contributed by atoms with Crippen molar-refractivity contribution in [1.82, 2.24) is 4.90 Å². The molecule has 0 aromatic rings. The fourth-order valence-electron chi connectivity index (χ4n) is 1.51. The molecule has 1 amide bonds. The molecule has 0 atom stereocenters. The Kier molecular flexibility index (Phi) is 3.89. The number of nitrogens with zero attached hydrogens (tertiary/aromatic N) is 1. The monoisotopic (exact) mass is 200 g/mol. The van der Waals surface area contributed by atoms with Crippen LogP contribution in [0.5, 0.6) is 0 Å². The van der Waals surface area contributed by atoms with E-state index in [9.17, 15) is 4.79 Å². The summed E-state index contributed by atoms with van der Waals surface area (Å²) in [5.41, 5.74) is 5.81. The molecule has 82 valence electrons. The summed E-state index contributed by atoms with van der Waals surface area (Å²) in [4.78, 5) is 13.2. The molecule has 1 aliphatic heterocycles. The number of rotatable bonds is 5. The number of hydrogen-bond donors (Lipinski definition) is 1. The van der Waals surface area contributed by atoms with Gasteiger partial charge in [0.15, 0.2) is 0 Å². The Balaban J connectivity index is 2.16. The van der Waals surface area contributed by atoms with Crippen molar-refractivity contribution in [1.29, 1.82) is 0 Å². The summed E-state index contributed by atoms with van der Waals surface area (Å²) >= 11 is 0. The molecule has 0 aromatic carbocycles. The number of carbonyl (C=O) groups is 1. The van der Waals surface area contributed by atoms with Gasteiger partial charge < -0.3 is 15.4 Å². The van der Waals surface area contributed by atoms with E-state index < -0.39 is 0 Å². The summed E-state index contributed by atoms with van der Waals surface area (Å²) in [6.45, 7) is 6.29. The maximum atomic E-state index is 11.4. The van der Waals surface area contributed by atoms with E-state index >= 15 is 0 Å². The second-order valence-electron chi connectivity index (χ2n) is 4.02. The summed E-state index contributed by atoms with van der Waals surface area (Å²) in [7, 11) is 0. The average molecular weight is 200 g/mol. The van der Waals surface area contributed by atoms with Crippen LogP contribution in [-0.2, 0) is 9.53 Å². The molecule has 1 heterocycles. The minimum atomic E-state index is -0.138. The molecule has 1 aliphatic rings. The number of likely N-dealkylation sites (tertiary alicyclic amines) is 1. The highest BCUT2D eigenvalue weighted by Crippen LogP contribution is 2.21. The van der Waals surface area contributed by atoms with Crippen molar-refractivity contribution in [3.05, 3.63) is 0 Å². The molecule has 0 spiro atoms.